The summed E-state index contributed by atoms with van der Waals surface area (Å²) in [5, 5.41) is 11.0. The molecule has 9 aromatic carbocycles. The van der Waals surface area contributed by atoms with E-state index in [1.54, 1.807) is 11.3 Å². The number of benzene rings is 9. The minimum Gasteiger partial charge on any atom is -0.456 e. The Balaban J connectivity index is 1.15. The van der Waals surface area contributed by atoms with Crippen LogP contribution in [0.25, 0.3) is 136 Å². The van der Waals surface area contributed by atoms with Gasteiger partial charge in [-0.1, -0.05) is 121 Å². The largest absolute Gasteiger partial charge is 0.456 e. The van der Waals surface area contributed by atoms with Gasteiger partial charge in [0.1, 0.15) is 22.3 Å². The highest BCUT2D eigenvalue weighted by Gasteiger charge is 2.26. The molecule has 0 spiro atoms. The predicted octanol–water partition coefficient (Wildman–Crippen LogP) is 15.3. The number of nitrogens with zero attached hydrogens (tertiary/aromatic N) is 4. The summed E-state index contributed by atoms with van der Waals surface area (Å²) in [5.74, 6) is 1.72. The Bertz CT molecular complexity index is 4060. The molecule has 5 heterocycles. The SMILES string of the molecule is c1ccc2cc3c(cc2c1)c1ccccc1n3-c1c(-c2nc(-c3cccc4oc5ccccc5c34)nc(-c3cccc4sc5ccccc5c34)n2)ccc2oc3ccccc3c12. The Morgan fingerprint density at radius 2 is 0.903 bits per heavy atom. The lowest BCUT2D eigenvalue weighted by molar-refractivity contribution is 0.668. The summed E-state index contributed by atoms with van der Waals surface area (Å²) in [6, 6.07) is 63.7. The molecule has 0 atom stereocenters. The first-order chi connectivity index (χ1) is 30.7. The average Bonchev–Trinajstić information content (AvgIpc) is 4.09. The molecule has 0 aliphatic heterocycles. The maximum Gasteiger partial charge on any atom is 0.166 e. The number of hydrogen-bond donors (Lipinski definition) is 0. The first kappa shape index (κ1) is 33.7. The molecule has 0 saturated carbocycles. The van der Waals surface area contributed by atoms with Crippen molar-refractivity contribution in [2.24, 2.45) is 0 Å². The first-order valence-corrected chi connectivity index (χ1v) is 21.5. The van der Waals surface area contributed by atoms with Crippen LogP contribution in [-0.2, 0) is 0 Å². The van der Waals surface area contributed by atoms with Crippen LogP contribution in [-0.4, -0.2) is 19.5 Å². The van der Waals surface area contributed by atoms with E-state index >= 15 is 0 Å². The van der Waals surface area contributed by atoms with E-state index in [2.05, 4.69) is 144 Å². The normalized spacial score (nSPS) is 12.2. The Labute approximate surface area is 356 Å². The van der Waals surface area contributed by atoms with Crippen molar-refractivity contribution >= 4 is 108 Å². The van der Waals surface area contributed by atoms with Crippen molar-refractivity contribution in [3.8, 4) is 39.9 Å². The van der Waals surface area contributed by atoms with Crippen molar-refractivity contribution in [1.82, 2.24) is 19.5 Å². The lowest BCUT2D eigenvalue weighted by Crippen LogP contribution is -2.04. The van der Waals surface area contributed by atoms with Crippen molar-refractivity contribution in [2.75, 3.05) is 0 Å². The molecule has 0 fully saturated rings. The molecular weight excluding hydrogens is 781 g/mol. The Hall–Kier alpha value is -8.13. The van der Waals surface area contributed by atoms with Gasteiger partial charge in [0.2, 0.25) is 0 Å². The predicted molar refractivity (Wildman–Crippen MR) is 255 cm³/mol. The Kier molecular flexibility index (Phi) is 6.89. The number of para-hydroxylation sites is 3. The lowest BCUT2D eigenvalue weighted by Gasteiger charge is -2.16. The van der Waals surface area contributed by atoms with Gasteiger partial charge in [0, 0.05) is 63.8 Å². The zero-order valence-electron chi connectivity index (χ0n) is 32.8. The molecule has 7 heteroatoms. The minimum absolute atomic E-state index is 0.556. The molecule has 0 amide bonds. The highest BCUT2D eigenvalue weighted by Crippen LogP contribution is 2.46. The highest BCUT2D eigenvalue weighted by atomic mass is 32.1. The van der Waals surface area contributed by atoms with Crippen LogP contribution < -0.4 is 0 Å². The first-order valence-electron chi connectivity index (χ1n) is 20.7. The molecule has 0 aliphatic carbocycles. The third-order valence-corrected chi connectivity index (χ3v) is 13.6. The second kappa shape index (κ2) is 12.7. The van der Waals surface area contributed by atoms with Crippen LogP contribution in [0.15, 0.2) is 191 Å². The summed E-state index contributed by atoms with van der Waals surface area (Å²) in [4.78, 5) is 16.5. The maximum absolute atomic E-state index is 6.65. The van der Waals surface area contributed by atoms with Gasteiger partial charge in [0.15, 0.2) is 17.5 Å². The van der Waals surface area contributed by atoms with Gasteiger partial charge in [-0.2, -0.15) is 0 Å². The maximum atomic E-state index is 6.65. The highest BCUT2D eigenvalue weighted by molar-refractivity contribution is 7.25. The van der Waals surface area contributed by atoms with Gasteiger partial charge in [0.05, 0.1) is 22.1 Å². The van der Waals surface area contributed by atoms with E-state index in [4.69, 9.17) is 23.8 Å². The van der Waals surface area contributed by atoms with Crippen LogP contribution in [0.5, 0.6) is 0 Å². The second-order valence-corrected chi connectivity index (χ2v) is 16.9. The molecule has 14 rings (SSSR count). The van der Waals surface area contributed by atoms with E-state index in [0.29, 0.717) is 17.5 Å². The number of aromatic nitrogens is 4. The van der Waals surface area contributed by atoms with E-state index in [9.17, 15) is 0 Å². The molecule has 0 saturated heterocycles. The van der Waals surface area contributed by atoms with Gasteiger partial charge in [-0.05, 0) is 71.4 Å². The molecule has 62 heavy (non-hydrogen) atoms. The minimum atomic E-state index is 0.556. The quantitative estimate of drug-likeness (QED) is 0.177. The van der Waals surface area contributed by atoms with Gasteiger partial charge in [-0.3, -0.25) is 0 Å². The van der Waals surface area contributed by atoms with E-state index in [0.717, 1.165) is 93.4 Å². The van der Waals surface area contributed by atoms with Crippen LogP contribution in [0.3, 0.4) is 0 Å². The Morgan fingerprint density at radius 3 is 1.68 bits per heavy atom. The molecule has 5 aromatic heterocycles. The fourth-order valence-electron chi connectivity index (χ4n) is 9.77. The van der Waals surface area contributed by atoms with Gasteiger partial charge in [0.25, 0.3) is 0 Å². The molecule has 0 radical (unpaired) electrons. The number of thiophene rings is 1. The summed E-state index contributed by atoms with van der Waals surface area (Å²) in [5.41, 5.74) is 9.00. The molecule has 0 N–H and O–H groups in total. The molecule has 14 aromatic rings. The van der Waals surface area contributed by atoms with Gasteiger partial charge in [-0.15, -0.1) is 11.3 Å². The number of furan rings is 2. The molecule has 0 bridgehead atoms. The van der Waals surface area contributed by atoms with Crippen LogP contribution in [0.4, 0.5) is 0 Å². The number of rotatable bonds is 4. The van der Waals surface area contributed by atoms with Crippen LogP contribution in [0.2, 0.25) is 0 Å². The van der Waals surface area contributed by atoms with E-state index in [1.165, 1.54) is 25.6 Å². The van der Waals surface area contributed by atoms with Crippen LogP contribution in [0.1, 0.15) is 0 Å². The zero-order chi connectivity index (χ0) is 40.5. The van der Waals surface area contributed by atoms with Crippen LogP contribution >= 0.6 is 11.3 Å². The van der Waals surface area contributed by atoms with Gasteiger partial charge in [-0.25, -0.2) is 15.0 Å². The van der Waals surface area contributed by atoms with Gasteiger partial charge < -0.3 is 13.4 Å². The standard InChI is InChI=1S/C55H30N4O2S/c1-2-14-32-30-42-40(29-31(32)13-1)33-15-3-7-21-41(33)59(42)52-39(27-28-46-51(52)35-17-5-9-23-44(35)61-46)55-57-53(37-19-11-24-45-49(37)34-16-4-8-22-43(34)60-45)56-54(58-55)38-20-12-26-48-50(38)36-18-6-10-25-47(36)62-48/h1-30H. The fourth-order valence-corrected chi connectivity index (χ4v) is 10.9. The summed E-state index contributed by atoms with van der Waals surface area (Å²) < 4.78 is 17.9. The molecule has 6 nitrogen and oxygen atoms in total. The summed E-state index contributed by atoms with van der Waals surface area (Å²) >= 11 is 1.79. The van der Waals surface area contributed by atoms with Crippen molar-refractivity contribution in [3.63, 3.8) is 0 Å². The molecule has 288 valence electrons. The van der Waals surface area contributed by atoms with Crippen molar-refractivity contribution in [2.45, 2.75) is 0 Å². The smallest absolute Gasteiger partial charge is 0.166 e. The fraction of sp³-hybridized carbons (Fsp3) is 0. The number of hydrogen-bond acceptors (Lipinski definition) is 6. The van der Waals surface area contributed by atoms with Gasteiger partial charge >= 0.3 is 0 Å². The molecule has 0 unspecified atom stereocenters. The Morgan fingerprint density at radius 1 is 0.355 bits per heavy atom. The van der Waals surface area contributed by atoms with E-state index in [1.807, 2.05) is 42.5 Å². The topological polar surface area (TPSA) is 69.9 Å². The monoisotopic (exact) mass is 810 g/mol. The van der Waals surface area contributed by atoms with Crippen molar-refractivity contribution in [1.29, 1.82) is 0 Å². The van der Waals surface area contributed by atoms with Crippen molar-refractivity contribution < 1.29 is 8.83 Å². The summed E-state index contributed by atoms with van der Waals surface area (Å²) in [6.45, 7) is 0. The summed E-state index contributed by atoms with van der Waals surface area (Å²) in [7, 11) is 0. The summed E-state index contributed by atoms with van der Waals surface area (Å²) in [6.07, 6.45) is 0. The third kappa shape index (κ3) is 4.76. The molecule has 0 aliphatic rings. The van der Waals surface area contributed by atoms with E-state index < -0.39 is 0 Å². The second-order valence-electron chi connectivity index (χ2n) is 15.9. The van der Waals surface area contributed by atoms with Crippen LogP contribution in [0, 0.1) is 0 Å². The number of fused-ring (bicyclic) bond motifs is 13. The van der Waals surface area contributed by atoms with E-state index in [-0.39, 0.29) is 0 Å². The zero-order valence-corrected chi connectivity index (χ0v) is 33.7. The molecular formula is C55H30N4O2S. The van der Waals surface area contributed by atoms with Crippen molar-refractivity contribution in [3.05, 3.63) is 182 Å². The lowest BCUT2D eigenvalue weighted by atomic mass is 10.0. The average molecular weight is 811 g/mol. The third-order valence-electron chi connectivity index (χ3n) is 12.4.